The third-order valence-electron chi connectivity index (χ3n) is 4.77. The fourth-order valence-corrected chi connectivity index (χ4v) is 2.98. The predicted octanol–water partition coefficient (Wildman–Crippen LogP) is 4.55. The molecular weight excluding hydrogens is 258 g/mol. The van der Waals surface area contributed by atoms with Crippen molar-refractivity contribution in [2.24, 2.45) is 5.92 Å². The lowest BCUT2D eigenvalue weighted by molar-refractivity contribution is -0.0154. The molecule has 2 nitrogen and oxygen atoms in total. The molecule has 1 fully saturated rings. The van der Waals surface area contributed by atoms with Crippen LogP contribution in [-0.4, -0.2) is 18.7 Å². The molecule has 0 atom stereocenters. The molecule has 0 heterocycles. The van der Waals surface area contributed by atoms with Gasteiger partial charge in [-0.15, -0.1) is 0 Å². The summed E-state index contributed by atoms with van der Waals surface area (Å²) in [5.41, 5.74) is 3.96. The molecular formula is C19H31NO. The van der Waals surface area contributed by atoms with E-state index in [0.717, 1.165) is 25.3 Å². The van der Waals surface area contributed by atoms with Crippen molar-refractivity contribution < 1.29 is 4.74 Å². The van der Waals surface area contributed by atoms with Crippen molar-refractivity contribution in [3.8, 4) is 5.75 Å². The van der Waals surface area contributed by atoms with Crippen LogP contribution in [0.2, 0.25) is 0 Å². The summed E-state index contributed by atoms with van der Waals surface area (Å²) in [7, 11) is 0. The Kier molecular flexibility index (Phi) is 5.32. The van der Waals surface area contributed by atoms with Gasteiger partial charge in [0.15, 0.2) is 0 Å². The molecule has 0 aromatic heterocycles. The van der Waals surface area contributed by atoms with Crippen LogP contribution < -0.4 is 10.1 Å². The van der Waals surface area contributed by atoms with Crippen LogP contribution in [0.5, 0.6) is 5.75 Å². The summed E-state index contributed by atoms with van der Waals surface area (Å²) in [5.74, 6) is 1.84. The minimum Gasteiger partial charge on any atom is -0.487 e. The number of ether oxygens (including phenoxy) is 1. The summed E-state index contributed by atoms with van der Waals surface area (Å²) in [6, 6.07) is 4.37. The van der Waals surface area contributed by atoms with E-state index in [1.807, 2.05) is 0 Å². The van der Waals surface area contributed by atoms with Crippen LogP contribution in [0.25, 0.3) is 0 Å². The Bertz CT molecular complexity index is 475. The molecule has 1 aliphatic carbocycles. The number of hydrogen-bond acceptors (Lipinski definition) is 2. The Balaban J connectivity index is 2.00. The molecule has 0 aliphatic heterocycles. The maximum Gasteiger partial charge on any atom is 0.126 e. The van der Waals surface area contributed by atoms with E-state index in [0.29, 0.717) is 5.92 Å². The first kappa shape index (κ1) is 16.4. The van der Waals surface area contributed by atoms with Crippen LogP contribution in [-0.2, 0) is 0 Å². The van der Waals surface area contributed by atoms with Crippen LogP contribution in [0.3, 0.4) is 0 Å². The summed E-state index contributed by atoms with van der Waals surface area (Å²) >= 11 is 0. The van der Waals surface area contributed by atoms with Crippen molar-refractivity contribution in [2.75, 3.05) is 13.1 Å². The lowest BCUT2D eigenvalue weighted by Crippen LogP contribution is -2.45. The quantitative estimate of drug-likeness (QED) is 0.744. The Morgan fingerprint density at radius 2 is 1.81 bits per heavy atom. The van der Waals surface area contributed by atoms with Gasteiger partial charge >= 0.3 is 0 Å². The van der Waals surface area contributed by atoms with Crippen molar-refractivity contribution in [2.45, 2.75) is 65.9 Å². The van der Waals surface area contributed by atoms with Crippen molar-refractivity contribution in [1.82, 2.24) is 5.32 Å². The second kappa shape index (κ2) is 6.83. The van der Waals surface area contributed by atoms with E-state index in [2.05, 4.69) is 52.1 Å². The second-order valence-corrected chi connectivity index (χ2v) is 7.14. The van der Waals surface area contributed by atoms with Crippen molar-refractivity contribution in [3.63, 3.8) is 0 Å². The highest BCUT2D eigenvalue weighted by atomic mass is 16.5. The molecule has 1 aromatic carbocycles. The normalized spacial score (nSPS) is 16.9. The van der Waals surface area contributed by atoms with E-state index in [9.17, 15) is 0 Å². The number of benzene rings is 1. The largest absolute Gasteiger partial charge is 0.487 e. The van der Waals surface area contributed by atoms with Gasteiger partial charge in [-0.3, -0.25) is 0 Å². The van der Waals surface area contributed by atoms with E-state index < -0.39 is 0 Å². The molecule has 0 saturated heterocycles. The lowest BCUT2D eigenvalue weighted by atomic mass is 9.77. The van der Waals surface area contributed by atoms with E-state index in [1.165, 1.54) is 36.0 Å². The molecule has 0 spiro atoms. The predicted molar refractivity (Wildman–Crippen MR) is 90.2 cm³/mol. The Hall–Kier alpha value is -1.02. The molecule has 0 bridgehead atoms. The van der Waals surface area contributed by atoms with E-state index in [-0.39, 0.29) is 5.60 Å². The average molecular weight is 289 g/mol. The molecule has 1 N–H and O–H groups in total. The fourth-order valence-electron chi connectivity index (χ4n) is 2.98. The van der Waals surface area contributed by atoms with Gasteiger partial charge in [-0.2, -0.15) is 0 Å². The maximum absolute atomic E-state index is 6.55. The van der Waals surface area contributed by atoms with Crippen LogP contribution >= 0.6 is 0 Å². The minimum absolute atomic E-state index is 0.0767. The third kappa shape index (κ3) is 4.00. The molecule has 0 unspecified atom stereocenters. The van der Waals surface area contributed by atoms with Crippen molar-refractivity contribution in [3.05, 3.63) is 28.8 Å². The molecule has 1 aliphatic rings. The standard InChI is InChI=1S/C19H31NO/c1-14(2)13-20-12-11-19(9-6-10-19)21-18-16(4)8-7-15(3)17(18)5/h7-8,14,20H,6,9-13H2,1-5H3. The fraction of sp³-hybridized carbons (Fsp3) is 0.684. The van der Waals surface area contributed by atoms with Gasteiger partial charge < -0.3 is 10.1 Å². The zero-order valence-electron chi connectivity index (χ0n) is 14.4. The SMILES string of the molecule is Cc1ccc(C)c(OC2(CCNCC(C)C)CCC2)c1C. The summed E-state index contributed by atoms with van der Waals surface area (Å²) in [5, 5.41) is 3.56. The summed E-state index contributed by atoms with van der Waals surface area (Å²) in [4.78, 5) is 0. The third-order valence-corrected chi connectivity index (χ3v) is 4.77. The number of hydrogen-bond donors (Lipinski definition) is 1. The summed E-state index contributed by atoms with van der Waals surface area (Å²) < 4.78 is 6.55. The van der Waals surface area contributed by atoms with Crippen molar-refractivity contribution >= 4 is 0 Å². The lowest BCUT2D eigenvalue weighted by Gasteiger charge is -2.43. The molecule has 0 radical (unpaired) electrons. The van der Waals surface area contributed by atoms with Crippen LogP contribution in [0, 0.1) is 26.7 Å². The van der Waals surface area contributed by atoms with E-state index in [1.54, 1.807) is 0 Å². The highest BCUT2D eigenvalue weighted by Gasteiger charge is 2.39. The second-order valence-electron chi connectivity index (χ2n) is 7.14. The smallest absolute Gasteiger partial charge is 0.126 e. The zero-order chi connectivity index (χ0) is 15.5. The molecule has 118 valence electrons. The van der Waals surface area contributed by atoms with Gasteiger partial charge in [0.05, 0.1) is 0 Å². The van der Waals surface area contributed by atoms with Gasteiger partial charge in [0.1, 0.15) is 11.4 Å². The molecule has 2 rings (SSSR count). The van der Waals surface area contributed by atoms with Gasteiger partial charge in [-0.05, 0) is 82.2 Å². The van der Waals surface area contributed by atoms with Crippen LogP contribution in [0.1, 0.15) is 56.2 Å². The first-order valence-electron chi connectivity index (χ1n) is 8.40. The first-order chi connectivity index (χ1) is 9.93. The molecule has 2 heteroatoms. The van der Waals surface area contributed by atoms with E-state index >= 15 is 0 Å². The summed E-state index contributed by atoms with van der Waals surface area (Å²) in [6.45, 7) is 13.2. The van der Waals surface area contributed by atoms with Crippen LogP contribution in [0.4, 0.5) is 0 Å². The topological polar surface area (TPSA) is 21.3 Å². The van der Waals surface area contributed by atoms with Crippen molar-refractivity contribution in [1.29, 1.82) is 0 Å². The van der Waals surface area contributed by atoms with Gasteiger partial charge in [0, 0.05) is 0 Å². The Labute approximate surface area is 130 Å². The molecule has 21 heavy (non-hydrogen) atoms. The number of nitrogens with one attached hydrogen (secondary N) is 1. The van der Waals surface area contributed by atoms with Gasteiger partial charge in [0.2, 0.25) is 0 Å². The first-order valence-corrected chi connectivity index (χ1v) is 8.40. The van der Waals surface area contributed by atoms with E-state index in [4.69, 9.17) is 4.74 Å². The van der Waals surface area contributed by atoms with Crippen LogP contribution in [0.15, 0.2) is 12.1 Å². The Morgan fingerprint density at radius 3 is 2.38 bits per heavy atom. The minimum atomic E-state index is 0.0767. The Morgan fingerprint density at radius 1 is 1.14 bits per heavy atom. The number of rotatable bonds is 7. The number of aryl methyl sites for hydroxylation is 2. The van der Waals surface area contributed by atoms with Gasteiger partial charge in [0.25, 0.3) is 0 Å². The monoisotopic (exact) mass is 289 g/mol. The molecule has 1 saturated carbocycles. The van der Waals surface area contributed by atoms with Gasteiger partial charge in [-0.1, -0.05) is 26.0 Å². The maximum atomic E-state index is 6.55. The summed E-state index contributed by atoms with van der Waals surface area (Å²) in [6.07, 6.45) is 4.81. The van der Waals surface area contributed by atoms with Gasteiger partial charge in [-0.25, -0.2) is 0 Å². The molecule has 0 amide bonds. The average Bonchev–Trinajstić information content (AvgIpc) is 2.39. The molecule has 1 aromatic rings. The highest BCUT2D eigenvalue weighted by Crippen LogP contribution is 2.41. The zero-order valence-corrected chi connectivity index (χ0v) is 14.4. The highest BCUT2D eigenvalue weighted by molar-refractivity contribution is 5.45.